The van der Waals surface area contributed by atoms with E-state index in [1.54, 1.807) is 11.3 Å². The van der Waals surface area contributed by atoms with E-state index in [2.05, 4.69) is 40.6 Å². The van der Waals surface area contributed by atoms with Crippen LogP contribution in [0.3, 0.4) is 0 Å². The summed E-state index contributed by atoms with van der Waals surface area (Å²) in [5.41, 5.74) is 2.48. The van der Waals surface area contributed by atoms with E-state index in [1.807, 2.05) is 12.4 Å². The summed E-state index contributed by atoms with van der Waals surface area (Å²) in [5, 5.41) is 6.70. The molecule has 0 bridgehead atoms. The van der Waals surface area contributed by atoms with Gasteiger partial charge in [-0.2, -0.15) is 0 Å². The van der Waals surface area contributed by atoms with Crippen LogP contribution >= 0.6 is 11.3 Å². The van der Waals surface area contributed by atoms with Crippen LogP contribution in [0.1, 0.15) is 36.0 Å². The Morgan fingerprint density at radius 2 is 2.31 bits per heavy atom. The van der Waals surface area contributed by atoms with Crippen LogP contribution in [0.15, 0.2) is 23.8 Å². The van der Waals surface area contributed by atoms with E-state index >= 15 is 0 Å². The average Bonchev–Trinajstić information content (AvgIpc) is 2.87. The van der Waals surface area contributed by atoms with E-state index in [1.165, 1.54) is 16.3 Å². The van der Waals surface area contributed by atoms with Crippen LogP contribution < -0.4 is 5.32 Å². The van der Waals surface area contributed by atoms with Crippen molar-refractivity contribution in [2.45, 2.75) is 32.9 Å². The molecular formula is C12H17N3S. The molecule has 2 N–H and O–H groups in total. The molecule has 2 aromatic heterocycles. The first-order chi connectivity index (χ1) is 7.75. The molecule has 2 aromatic rings. The quantitative estimate of drug-likeness (QED) is 0.836. The lowest BCUT2D eigenvalue weighted by molar-refractivity contribution is 0.685. The summed E-state index contributed by atoms with van der Waals surface area (Å²) in [6, 6.07) is 2.08. The molecule has 0 atom stereocenters. The molecule has 0 fully saturated rings. The van der Waals surface area contributed by atoms with Crippen molar-refractivity contribution in [1.82, 2.24) is 15.3 Å². The topological polar surface area (TPSA) is 40.7 Å². The van der Waals surface area contributed by atoms with Crippen molar-refractivity contribution in [2.75, 3.05) is 0 Å². The van der Waals surface area contributed by atoms with E-state index < -0.39 is 0 Å². The number of thiazole rings is 1. The molecular weight excluding hydrogens is 218 g/mol. The highest BCUT2D eigenvalue weighted by molar-refractivity contribution is 7.09. The van der Waals surface area contributed by atoms with Crippen LogP contribution in [-0.4, -0.2) is 9.97 Å². The number of hydrogen-bond donors (Lipinski definition) is 2. The maximum absolute atomic E-state index is 4.58. The summed E-state index contributed by atoms with van der Waals surface area (Å²) in [7, 11) is 0. The summed E-state index contributed by atoms with van der Waals surface area (Å²) in [6.45, 7) is 6.08. The highest BCUT2D eigenvalue weighted by atomic mass is 32.1. The van der Waals surface area contributed by atoms with Crippen LogP contribution in [-0.2, 0) is 13.1 Å². The lowest BCUT2D eigenvalue weighted by Gasteiger charge is -2.00. The van der Waals surface area contributed by atoms with Crippen molar-refractivity contribution >= 4 is 11.3 Å². The fourth-order valence-corrected chi connectivity index (χ4v) is 2.38. The summed E-state index contributed by atoms with van der Waals surface area (Å²) < 4.78 is 0. The van der Waals surface area contributed by atoms with E-state index in [0.717, 1.165) is 13.1 Å². The molecule has 0 unspecified atom stereocenters. The van der Waals surface area contributed by atoms with Gasteiger partial charge in [-0.05, 0) is 17.5 Å². The minimum absolute atomic E-state index is 0.523. The van der Waals surface area contributed by atoms with Crippen LogP contribution in [0.25, 0.3) is 0 Å². The van der Waals surface area contributed by atoms with Gasteiger partial charge in [0.05, 0.1) is 5.69 Å². The van der Waals surface area contributed by atoms with Gasteiger partial charge >= 0.3 is 0 Å². The Labute approximate surface area is 99.9 Å². The lowest BCUT2D eigenvalue weighted by Crippen LogP contribution is -2.12. The summed E-state index contributed by atoms with van der Waals surface area (Å²) >= 11 is 1.73. The number of H-pyrrole nitrogens is 1. The Bertz CT molecular complexity index is 417. The van der Waals surface area contributed by atoms with Crippen molar-refractivity contribution in [2.24, 2.45) is 0 Å². The zero-order chi connectivity index (χ0) is 11.4. The predicted octanol–water partition coefficient (Wildman–Crippen LogP) is 2.88. The second-order valence-corrected chi connectivity index (χ2v) is 5.09. The van der Waals surface area contributed by atoms with Crippen LogP contribution in [0.4, 0.5) is 0 Å². The van der Waals surface area contributed by atoms with E-state index in [-0.39, 0.29) is 0 Å². The molecule has 0 amide bonds. The van der Waals surface area contributed by atoms with Crippen molar-refractivity contribution in [1.29, 1.82) is 0 Å². The summed E-state index contributed by atoms with van der Waals surface area (Å²) in [5.74, 6) is 0.523. The number of nitrogens with zero attached hydrogens (tertiary/aromatic N) is 1. The van der Waals surface area contributed by atoms with Gasteiger partial charge in [-0.1, -0.05) is 13.8 Å². The van der Waals surface area contributed by atoms with Gasteiger partial charge in [-0.3, -0.25) is 0 Å². The van der Waals surface area contributed by atoms with Crippen LogP contribution in [0.5, 0.6) is 0 Å². The van der Waals surface area contributed by atoms with Gasteiger partial charge in [0, 0.05) is 30.9 Å². The first-order valence-electron chi connectivity index (χ1n) is 5.52. The highest BCUT2D eigenvalue weighted by Gasteiger charge is 2.04. The van der Waals surface area contributed by atoms with Crippen LogP contribution in [0, 0.1) is 0 Å². The number of rotatable bonds is 5. The monoisotopic (exact) mass is 235 g/mol. The Morgan fingerprint density at radius 3 is 2.94 bits per heavy atom. The highest BCUT2D eigenvalue weighted by Crippen LogP contribution is 2.17. The number of nitrogens with one attached hydrogen (secondary N) is 2. The standard InChI is InChI=1S/C12H17N3S/c1-9(2)11-8-16-12(15-11)7-14-6-10-3-4-13-5-10/h3-5,8-9,13-14H,6-7H2,1-2H3. The molecule has 86 valence electrons. The third kappa shape index (κ3) is 2.93. The van der Waals surface area contributed by atoms with Gasteiger partial charge in [0.25, 0.3) is 0 Å². The Morgan fingerprint density at radius 1 is 1.44 bits per heavy atom. The molecule has 16 heavy (non-hydrogen) atoms. The van der Waals surface area contributed by atoms with Gasteiger partial charge in [0.2, 0.25) is 0 Å². The van der Waals surface area contributed by atoms with Gasteiger partial charge < -0.3 is 10.3 Å². The van der Waals surface area contributed by atoms with E-state index in [4.69, 9.17) is 0 Å². The van der Waals surface area contributed by atoms with Gasteiger partial charge in [-0.15, -0.1) is 11.3 Å². The molecule has 0 aliphatic rings. The number of aromatic nitrogens is 2. The third-order valence-corrected chi connectivity index (χ3v) is 3.30. The average molecular weight is 235 g/mol. The van der Waals surface area contributed by atoms with Gasteiger partial charge in [0.1, 0.15) is 5.01 Å². The van der Waals surface area contributed by atoms with Gasteiger partial charge in [0.15, 0.2) is 0 Å². The second-order valence-electron chi connectivity index (χ2n) is 4.14. The molecule has 0 saturated heterocycles. The Balaban J connectivity index is 1.81. The Kier molecular flexibility index (Phi) is 3.74. The fraction of sp³-hybridized carbons (Fsp3) is 0.417. The molecule has 0 saturated carbocycles. The fourth-order valence-electron chi connectivity index (χ4n) is 1.45. The number of aromatic amines is 1. The predicted molar refractivity (Wildman–Crippen MR) is 67.5 cm³/mol. The minimum Gasteiger partial charge on any atom is -0.367 e. The minimum atomic E-state index is 0.523. The second kappa shape index (κ2) is 5.27. The molecule has 0 spiro atoms. The maximum atomic E-state index is 4.58. The third-order valence-electron chi connectivity index (χ3n) is 2.43. The lowest BCUT2D eigenvalue weighted by atomic mass is 10.2. The Hall–Kier alpha value is -1.13. The first kappa shape index (κ1) is 11.4. The molecule has 0 aromatic carbocycles. The van der Waals surface area contributed by atoms with Crippen molar-refractivity contribution in [3.63, 3.8) is 0 Å². The summed E-state index contributed by atoms with van der Waals surface area (Å²) in [6.07, 6.45) is 3.95. The zero-order valence-electron chi connectivity index (χ0n) is 9.66. The van der Waals surface area contributed by atoms with Gasteiger partial charge in [-0.25, -0.2) is 4.98 Å². The van der Waals surface area contributed by atoms with Crippen molar-refractivity contribution in [3.8, 4) is 0 Å². The van der Waals surface area contributed by atoms with Crippen molar-refractivity contribution < 1.29 is 0 Å². The number of hydrogen-bond acceptors (Lipinski definition) is 3. The van der Waals surface area contributed by atoms with E-state index in [9.17, 15) is 0 Å². The molecule has 2 heterocycles. The zero-order valence-corrected chi connectivity index (χ0v) is 10.5. The SMILES string of the molecule is CC(C)c1csc(CNCc2cc[nH]c2)n1. The molecule has 0 aliphatic carbocycles. The molecule has 4 heteroatoms. The first-order valence-corrected chi connectivity index (χ1v) is 6.40. The largest absolute Gasteiger partial charge is 0.367 e. The summed E-state index contributed by atoms with van der Waals surface area (Å²) in [4.78, 5) is 7.62. The molecule has 2 rings (SSSR count). The molecule has 0 radical (unpaired) electrons. The van der Waals surface area contributed by atoms with Crippen molar-refractivity contribution in [3.05, 3.63) is 40.1 Å². The molecule has 0 aliphatic heterocycles. The molecule has 3 nitrogen and oxygen atoms in total. The smallest absolute Gasteiger partial charge is 0.107 e. The van der Waals surface area contributed by atoms with Crippen LogP contribution in [0.2, 0.25) is 0 Å². The normalized spacial score (nSPS) is 11.2. The maximum Gasteiger partial charge on any atom is 0.107 e. The van der Waals surface area contributed by atoms with E-state index in [0.29, 0.717) is 5.92 Å².